The molecule has 0 bridgehead atoms. The van der Waals surface area contributed by atoms with Gasteiger partial charge in [0.15, 0.2) is 5.96 Å². The Morgan fingerprint density at radius 3 is 2.59 bits per heavy atom. The highest BCUT2D eigenvalue weighted by Crippen LogP contribution is 2.46. The van der Waals surface area contributed by atoms with E-state index in [1.54, 1.807) is 0 Å². The zero-order valence-electron chi connectivity index (χ0n) is 17.2. The maximum Gasteiger partial charge on any atom is 0.191 e. The summed E-state index contributed by atoms with van der Waals surface area (Å²) in [6.07, 6.45) is 2.47. The fourth-order valence-electron chi connectivity index (χ4n) is 4.09. The minimum Gasteiger partial charge on any atom is -0.379 e. The summed E-state index contributed by atoms with van der Waals surface area (Å²) in [5, 5.41) is 7.10. The molecule has 0 spiro atoms. The van der Waals surface area contributed by atoms with Crippen molar-refractivity contribution in [3.05, 3.63) is 35.9 Å². The van der Waals surface area contributed by atoms with Gasteiger partial charge in [0.2, 0.25) is 0 Å². The minimum absolute atomic E-state index is 0.533. The van der Waals surface area contributed by atoms with Crippen LogP contribution in [-0.4, -0.2) is 63.3 Å². The van der Waals surface area contributed by atoms with E-state index in [1.807, 2.05) is 7.05 Å². The molecule has 0 radical (unpaired) electrons. The van der Waals surface area contributed by atoms with E-state index in [-0.39, 0.29) is 0 Å². The third-order valence-corrected chi connectivity index (χ3v) is 5.72. The molecule has 1 saturated carbocycles. The van der Waals surface area contributed by atoms with Gasteiger partial charge in [0.05, 0.1) is 13.2 Å². The molecule has 1 heterocycles. The molecule has 1 aromatic carbocycles. The Bertz CT molecular complexity index is 583. The Balaban J connectivity index is 1.43. The molecule has 5 nitrogen and oxygen atoms in total. The third-order valence-electron chi connectivity index (χ3n) is 5.72. The van der Waals surface area contributed by atoms with Gasteiger partial charge in [-0.15, -0.1) is 0 Å². The summed E-state index contributed by atoms with van der Waals surface area (Å²) in [5.74, 6) is 3.04. The maximum absolute atomic E-state index is 5.52. The lowest BCUT2D eigenvalue weighted by Gasteiger charge is -2.35. The Kier molecular flexibility index (Phi) is 7.53. The molecule has 150 valence electrons. The Morgan fingerprint density at radius 1 is 1.19 bits per heavy atom. The fourth-order valence-corrected chi connectivity index (χ4v) is 4.09. The summed E-state index contributed by atoms with van der Waals surface area (Å²) in [6.45, 7) is 10.3. The van der Waals surface area contributed by atoms with Crippen LogP contribution in [0.25, 0.3) is 0 Å². The number of morpholine rings is 1. The van der Waals surface area contributed by atoms with Gasteiger partial charge in [-0.25, -0.2) is 0 Å². The standard InChI is InChI=1S/C22H36N4O/c1-17(2)13-20(26-9-11-27-12-10-26)16-25-22(23-3)24-15-19-14-21(19)18-7-5-4-6-8-18/h4-8,17,19-21H,9-16H2,1-3H3,(H2,23,24,25). The van der Waals surface area contributed by atoms with Crippen LogP contribution in [0, 0.1) is 11.8 Å². The van der Waals surface area contributed by atoms with Crippen molar-refractivity contribution in [3.8, 4) is 0 Å². The van der Waals surface area contributed by atoms with Crippen molar-refractivity contribution < 1.29 is 4.74 Å². The molecular weight excluding hydrogens is 336 g/mol. The molecular formula is C22H36N4O. The second-order valence-electron chi connectivity index (χ2n) is 8.28. The van der Waals surface area contributed by atoms with Crippen LogP contribution in [0.3, 0.4) is 0 Å². The molecule has 3 atom stereocenters. The Labute approximate surface area is 164 Å². The van der Waals surface area contributed by atoms with Gasteiger partial charge in [-0.3, -0.25) is 9.89 Å². The topological polar surface area (TPSA) is 48.9 Å². The van der Waals surface area contributed by atoms with Gasteiger partial charge in [-0.2, -0.15) is 0 Å². The summed E-state index contributed by atoms with van der Waals surface area (Å²) >= 11 is 0. The molecule has 1 aromatic rings. The molecule has 0 amide bonds. The van der Waals surface area contributed by atoms with Crippen LogP contribution in [0.5, 0.6) is 0 Å². The van der Waals surface area contributed by atoms with E-state index in [0.29, 0.717) is 17.9 Å². The number of rotatable bonds is 8. The number of nitrogens with zero attached hydrogens (tertiary/aromatic N) is 2. The van der Waals surface area contributed by atoms with E-state index in [0.717, 1.165) is 51.3 Å². The van der Waals surface area contributed by atoms with Crippen molar-refractivity contribution in [3.63, 3.8) is 0 Å². The number of hydrogen-bond donors (Lipinski definition) is 2. The molecule has 27 heavy (non-hydrogen) atoms. The molecule has 3 rings (SSSR count). The monoisotopic (exact) mass is 372 g/mol. The molecule has 1 aliphatic heterocycles. The first-order valence-electron chi connectivity index (χ1n) is 10.5. The van der Waals surface area contributed by atoms with Crippen LogP contribution >= 0.6 is 0 Å². The van der Waals surface area contributed by atoms with Crippen molar-refractivity contribution in [2.45, 2.75) is 38.6 Å². The zero-order valence-corrected chi connectivity index (χ0v) is 17.2. The zero-order chi connectivity index (χ0) is 19.1. The molecule has 0 aromatic heterocycles. The lowest BCUT2D eigenvalue weighted by atomic mass is 10.0. The first kappa shape index (κ1) is 20.2. The van der Waals surface area contributed by atoms with Gasteiger partial charge in [0, 0.05) is 39.3 Å². The first-order chi connectivity index (χ1) is 13.2. The Hall–Kier alpha value is -1.59. The summed E-state index contributed by atoms with van der Waals surface area (Å²) < 4.78 is 5.52. The van der Waals surface area contributed by atoms with Gasteiger partial charge < -0.3 is 15.4 Å². The van der Waals surface area contributed by atoms with Gasteiger partial charge >= 0.3 is 0 Å². The van der Waals surface area contributed by atoms with Gasteiger partial charge in [-0.1, -0.05) is 44.2 Å². The first-order valence-corrected chi connectivity index (χ1v) is 10.5. The smallest absolute Gasteiger partial charge is 0.191 e. The van der Waals surface area contributed by atoms with Crippen molar-refractivity contribution >= 4 is 5.96 Å². The maximum atomic E-state index is 5.52. The quantitative estimate of drug-likeness (QED) is 0.544. The van der Waals surface area contributed by atoms with Crippen molar-refractivity contribution in [1.82, 2.24) is 15.5 Å². The SMILES string of the molecule is CN=C(NCC1CC1c1ccccc1)NCC(CC(C)C)N1CCOCC1. The largest absolute Gasteiger partial charge is 0.379 e. The highest BCUT2D eigenvalue weighted by Gasteiger charge is 2.37. The van der Waals surface area contributed by atoms with Crippen LogP contribution in [-0.2, 0) is 4.74 Å². The number of benzene rings is 1. The molecule has 2 N–H and O–H groups in total. The second-order valence-corrected chi connectivity index (χ2v) is 8.28. The van der Waals surface area contributed by atoms with Crippen molar-refractivity contribution in [2.75, 3.05) is 46.4 Å². The van der Waals surface area contributed by atoms with Crippen molar-refractivity contribution in [2.24, 2.45) is 16.8 Å². The van der Waals surface area contributed by atoms with E-state index in [1.165, 1.54) is 18.4 Å². The summed E-state index contributed by atoms with van der Waals surface area (Å²) in [6, 6.07) is 11.4. The molecule has 1 aliphatic carbocycles. The minimum atomic E-state index is 0.533. The highest BCUT2D eigenvalue weighted by molar-refractivity contribution is 5.79. The van der Waals surface area contributed by atoms with Crippen LogP contribution in [0.1, 0.15) is 38.2 Å². The normalized spacial score (nSPS) is 24.7. The predicted octanol–water partition coefficient (Wildman–Crippen LogP) is 2.70. The third kappa shape index (κ3) is 6.22. The van der Waals surface area contributed by atoms with E-state index in [2.05, 4.69) is 64.7 Å². The lowest BCUT2D eigenvalue weighted by molar-refractivity contribution is 0.0132. The fraction of sp³-hybridized carbons (Fsp3) is 0.682. The number of guanidine groups is 1. The number of hydrogen-bond acceptors (Lipinski definition) is 3. The lowest BCUT2D eigenvalue weighted by Crippen LogP contribution is -2.51. The summed E-state index contributed by atoms with van der Waals surface area (Å²) in [4.78, 5) is 7.00. The van der Waals surface area contributed by atoms with Crippen LogP contribution in [0.2, 0.25) is 0 Å². The van der Waals surface area contributed by atoms with Crippen LogP contribution in [0.15, 0.2) is 35.3 Å². The van der Waals surface area contributed by atoms with E-state index in [9.17, 15) is 0 Å². The van der Waals surface area contributed by atoms with E-state index >= 15 is 0 Å². The van der Waals surface area contributed by atoms with Crippen LogP contribution in [0.4, 0.5) is 0 Å². The van der Waals surface area contributed by atoms with Crippen LogP contribution < -0.4 is 10.6 Å². The van der Waals surface area contributed by atoms with Crippen molar-refractivity contribution in [1.29, 1.82) is 0 Å². The summed E-state index contributed by atoms with van der Waals surface area (Å²) in [5.41, 5.74) is 1.47. The van der Waals surface area contributed by atoms with Gasteiger partial charge in [-0.05, 0) is 36.2 Å². The average Bonchev–Trinajstić information content (AvgIpc) is 3.48. The molecule has 2 aliphatic rings. The summed E-state index contributed by atoms with van der Waals surface area (Å²) in [7, 11) is 1.86. The predicted molar refractivity (Wildman–Crippen MR) is 112 cm³/mol. The number of nitrogens with one attached hydrogen (secondary N) is 2. The molecule has 3 unspecified atom stereocenters. The highest BCUT2D eigenvalue weighted by atomic mass is 16.5. The average molecular weight is 373 g/mol. The second kappa shape index (κ2) is 10.1. The molecule has 1 saturated heterocycles. The Morgan fingerprint density at radius 2 is 1.93 bits per heavy atom. The number of aliphatic imine (C=N–C) groups is 1. The molecule has 5 heteroatoms. The van der Waals surface area contributed by atoms with E-state index in [4.69, 9.17) is 4.74 Å². The number of ether oxygens (including phenoxy) is 1. The molecule has 2 fully saturated rings. The van der Waals surface area contributed by atoms with Gasteiger partial charge in [0.1, 0.15) is 0 Å². The van der Waals surface area contributed by atoms with E-state index < -0.39 is 0 Å². The van der Waals surface area contributed by atoms with Gasteiger partial charge in [0.25, 0.3) is 0 Å².